The number of thioether (sulfide) groups is 1. The maximum Gasteiger partial charge on any atom is 0.314 e. The van der Waals surface area contributed by atoms with E-state index in [1.165, 1.54) is 24.3 Å². The molecule has 0 aliphatic rings. The Hall–Kier alpha value is -1.89. The van der Waals surface area contributed by atoms with E-state index in [9.17, 15) is 19.7 Å². The molecule has 7 heteroatoms. The van der Waals surface area contributed by atoms with Gasteiger partial charge in [0.05, 0.1) is 4.92 Å². The van der Waals surface area contributed by atoms with Crippen LogP contribution in [-0.4, -0.2) is 21.8 Å². The highest BCUT2D eigenvalue weighted by molar-refractivity contribution is 8.13. The quantitative estimate of drug-likeness (QED) is 0.344. The second-order valence-corrected chi connectivity index (χ2v) is 4.89. The van der Waals surface area contributed by atoms with Crippen LogP contribution in [0.2, 0.25) is 0 Å². The van der Waals surface area contributed by atoms with E-state index in [2.05, 4.69) is 0 Å². The van der Waals surface area contributed by atoms with Gasteiger partial charge in [0.1, 0.15) is 13.0 Å². The lowest BCUT2D eigenvalue weighted by Gasteiger charge is -2.04. The molecule has 0 amide bonds. The molecule has 0 saturated heterocycles. The summed E-state index contributed by atoms with van der Waals surface area (Å²) < 4.78 is 4.90. The van der Waals surface area contributed by atoms with Crippen molar-refractivity contribution in [1.29, 1.82) is 0 Å². The van der Waals surface area contributed by atoms with Crippen LogP contribution in [0.15, 0.2) is 24.3 Å². The summed E-state index contributed by atoms with van der Waals surface area (Å²) in [6, 6.07) is 5.69. The highest BCUT2D eigenvalue weighted by Gasteiger charge is 2.11. The van der Waals surface area contributed by atoms with E-state index >= 15 is 0 Å². The van der Waals surface area contributed by atoms with E-state index in [0.29, 0.717) is 11.3 Å². The number of carbonyl (C=O) groups excluding carboxylic acids is 2. The molecule has 0 heterocycles. The van der Waals surface area contributed by atoms with Crippen LogP contribution >= 0.6 is 11.8 Å². The second kappa shape index (κ2) is 7.52. The highest BCUT2D eigenvalue weighted by Crippen LogP contribution is 2.13. The first-order chi connectivity index (χ1) is 9.02. The van der Waals surface area contributed by atoms with Gasteiger partial charge >= 0.3 is 5.97 Å². The first-order valence-electron chi connectivity index (χ1n) is 5.57. The molecule has 0 aromatic heterocycles. The summed E-state index contributed by atoms with van der Waals surface area (Å²) >= 11 is 1.07. The number of hydrogen-bond donors (Lipinski definition) is 0. The minimum Gasteiger partial charge on any atom is -0.460 e. The molecule has 0 fully saturated rings. The number of hydrogen-bond acceptors (Lipinski definition) is 6. The molecule has 0 aliphatic carbocycles. The van der Waals surface area contributed by atoms with Gasteiger partial charge in [-0.2, -0.15) is 0 Å². The molecular weight excluding hydrogens is 270 g/mol. The van der Waals surface area contributed by atoms with Crippen LogP contribution in [0.3, 0.4) is 0 Å². The van der Waals surface area contributed by atoms with Crippen molar-refractivity contribution in [2.24, 2.45) is 0 Å². The Balaban J connectivity index is 2.42. The Morgan fingerprint density at radius 2 is 1.95 bits per heavy atom. The van der Waals surface area contributed by atoms with Crippen molar-refractivity contribution in [3.8, 4) is 0 Å². The summed E-state index contributed by atoms with van der Waals surface area (Å²) in [5, 5.41) is 10.2. The zero-order valence-electron chi connectivity index (χ0n) is 10.3. The third-order valence-electron chi connectivity index (χ3n) is 2.14. The van der Waals surface area contributed by atoms with E-state index in [0.717, 1.165) is 11.8 Å². The fourth-order valence-corrected chi connectivity index (χ4v) is 1.80. The minimum atomic E-state index is -0.593. The summed E-state index contributed by atoms with van der Waals surface area (Å²) in [6.45, 7) is 1.83. The fourth-order valence-electron chi connectivity index (χ4n) is 1.26. The lowest BCUT2D eigenvalue weighted by atomic mass is 10.2. The van der Waals surface area contributed by atoms with Crippen LogP contribution in [0.1, 0.15) is 18.9 Å². The van der Waals surface area contributed by atoms with E-state index < -0.39 is 10.9 Å². The standard InChI is InChI=1S/C12H13NO5S/c1-2-19-12(15)7-11(14)18-8-9-3-5-10(6-4-9)13(16)17/h3-6H,2,7-8H2,1H3. The number of nitrogens with zero attached hydrogens (tertiary/aromatic N) is 1. The third kappa shape index (κ3) is 5.52. The number of carbonyl (C=O) groups is 2. The lowest BCUT2D eigenvalue weighted by Crippen LogP contribution is -2.09. The fraction of sp³-hybridized carbons (Fsp3) is 0.333. The maximum absolute atomic E-state index is 11.3. The molecule has 0 spiro atoms. The van der Waals surface area contributed by atoms with Crippen molar-refractivity contribution >= 4 is 28.5 Å². The predicted octanol–water partition coefficient (Wildman–Crippen LogP) is 2.31. The van der Waals surface area contributed by atoms with Crippen LogP contribution < -0.4 is 0 Å². The summed E-state index contributed by atoms with van der Waals surface area (Å²) in [7, 11) is 0. The van der Waals surface area contributed by atoms with Gasteiger partial charge in [0.15, 0.2) is 5.12 Å². The Morgan fingerprint density at radius 3 is 2.47 bits per heavy atom. The van der Waals surface area contributed by atoms with E-state index in [4.69, 9.17) is 4.74 Å². The first-order valence-corrected chi connectivity index (χ1v) is 6.56. The van der Waals surface area contributed by atoms with Gasteiger partial charge in [-0.1, -0.05) is 18.7 Å². The Bertz CT molecular complexity index is 472. The summed E-state index contributed by atoms with van der Waals surface area (Å²) in [4.78, 5) is 32.4. The topological polar surface area (TPSA) is 86.5 Å². The van der Waals surface area contributed by atoms with Crippen molar-refractivity contribution in [2.45, 2.75) is 20.0 Å². The van der Waals surface area contributed by atoms with Gasteiger partial charge < -0.3 is 4.74 Å². The van der Waals surface area contributed by atoms with Crippen molar-refractivity contribution in [2.75, 3.05) is 5.75 Å². The normalized spacial score (nSPS) is 9.95. The van der Waals surface area contributed by atoms with E-state index in [1.54, 1.807) is 0 Å². The molecule has 1 aromatic rings. The van der Waals surface area contributed by atoms with Crippen molar-refractivity contribution < 1.29 is 19.2 Å². The van der Waals surface area contributed by atoms with Crippen molar-refractivity contribution in [3.63, 3.8) is 0 Å². The molecule has 1 rings (SSSR count). The minimum absolute atomic E-state index is 0.000892. The summed E-state index contributed by atoms with van der Waals surface area (Å²) in [5.41, 5.74) is 0.610. The molecule has 6 nitrogen and oxygen atoms in total. The zero-order chi connectivity index (χ0) is 14.3. The van der Waals surface area contributed by atoms with Gasteiger partial charge in [-0.25, -0.2) is 0 Å². The molecular formula is C12H13NO5S. The predicted molar refractivity (Wildman–Crippen MR) is 70.6 cm³/mol. The Kier molecular flexibility index (Phi) is 6.01. The molecule has 0 radical (unpaired) electrons. The Morgan fingerprint density at radius 1 is 1.32 bits per heavy atom. The molecule has 102 valence electrons. The molecule has 0 N–H and O–H groups in total. The van der Waals surface area contributed by atoms with Crippen LogP contribution in [-0.2, 0) is 20.9 Å². The number of rotatable bonds is 6. The van der Waals surface area contributed by atoms with Crippen molar-refractivity contribution in [3.05, 3.63) is 39.9 Å². The smallest absolute Gasteiger partial charge is 0.314 e. The number of benzene rings is 1. The number of esters is 1. The molecule has 1 aromatic carbocycles. The van der Waals surface area contributed by atoms with Crippen LogP contribution in [0.4, 0.5) is 5.69 Å². The number of ether oxygens (including phenoxy) is 1. The average Bonchev–Trinajstić information content (AvgIpc) is 2.37. The molecule has 0 unspecified atom stereocenters. The van der Waals surface area contributed by atoms with Crippen LogP contribution in [0, 0.1) is 10.1 Å². The lowest BCUT2D eigenvalue weighted by molar-refractivity contribution is -0.384. The third-order valence-corrected chi connectivity index (χ3v) is 2.90. The molecule has 0 bridgehead atoms. The Labute approximate surface area is 114 Å². The number of non-ortho nitro benzene ring substituents is 1. The molecule has 0 aliphatic heterocycles. The van der Waals surface area contributed by atoms with E-state index in [1.807, 2.05) is 6.92 Å². The number of nitro groups is 1. The number of nitro benzene ring substituents is 1. The average molecular weight is 283 g/mol. The summed E-state index contributed by atoms with van der Waals surface area (Å²) in [5.74, 6) is 0.0263. The van der Waals surface area contributed by atoms with Crippen LogP contribution in [0.25, 0.3) is 0 Å². The van der Waals surface area contributed by atoms with Gasteiger partial charge in [0, 0.05) is 12.1 Å². The molecule has 0 saturated carbocycles. The molecule has 0 atom stereocenters. The zero-order valence-corrected chi connectivity index (χ0v) is 11.1. The first kappa shape index (κ1) is 15.2. The van der Waals surface area contributed by atoms with Crippen molar-refractivity contribution in [1.82, 2.24) is 0 Å². The summed E-state index contributed by atoms with van der Waals surface area (Å²) in [6.07, 6.45) is -0.258. The van der Waals surface area contributed by atoms with Gasteiger partial charge in [-0.15, -0.1) is 0 Å². The van der Waals surface area contributed by atoms with Gasteiger partial charge in [0.25, 0.3) is 5.69 Å². The SMILES string of the molecule is CCSC(=O)CC(=O)OCc1ccc([N+](=O)[O-])cc1. The van der Waals surface area contributed by atoms with Gasteiger partial charge in [-0.05, 0) is 23.4 Å². The van der Waals surface area contributed by atoms with Gasteiger partial charge in [-0.3, -0.25) is 19.7 Å². The van der Waals surface area contributed by atoms with Gasteiger partial charge in [0.2, 0.25) is 0 Å². The monoisotopic (exact) mass is 283 g/mol. The largest absolute Gasteiger partial charge is 0.460 e. The second-order valence-electron chi connectivity index (χ2n) is 3.57. The van der Waals surface area contributed by atoms with E-state index in [-0.39, 0.29) is 23.8 Å². The van der Waals surface area contributed by atoms with Crippen LogP contribution in [0.5, 0.6) is 0 Å². The highest BCUT2D eigenvalue weighted by atomic mass is 32.2. The molecule has 19 heavy (non-hydrogen) atoms. The maximum atomic E-state index is 11.3.